The SMILES string of the molecule is O=C(O)[C@H]1CC(=O)N(c2ccc(CN3CCCCC3)cc2)C1. The second-order valence-electron chi connectivity index (χ2n) is 6.25. The van der Waals surface area contributed by atoms with Crippen molar-refractivity contribution in [3.05, 3.63) is 29.8 Å². The van der Waals surface area contributed by atoms with Crippen LogP contribution in [0, 0.1) is 5.92 Å². The second kappa shape index (κ2) is 6.48. The quantitative estimate of drug-likeness (QED) is 0.925. The molecule has 2 aliphatic heterocycles. The van der Waals surface area contributed by atoms with Crippen molar-refractivity contribution in [2.75, 3.05) is 24.5 Å². The van der Waals surface area contributed by atoms with Gasteiger partial charge in [0, 0.05) is 25.2 Å². The zero-order valence-electron chi connectivity index (χ0n) is 12.7. The lowest BCUT2D eigenvalue weighted by Gasteiger charge is -2.26. The molecule has 2 fully saturated rings. The van der Waals surface area contributed by atoms with Crippen molar-refractivity contribution in [1.82, 2.24) is 4.90 Å². The number of benzene rings is 1. The monoisotopic (exact) mass is 302 g/mol. The van der Waals surface area contributed by atoms with E-state index in [-0.39, 0.29) is 18.9 Å². The van der Waals surface area contributed by atoms with E-state index in [2.05, 4.69) is 4.90 Å². The molecule has 0 spiro atoms. The summed E-state index contributed by atoms with van der Waals surface area (Å²) < 4.78 is 0. The molecule has 1 aromatic carbocycles. The average Bonchev–Trinajstić information content (AvgIpc) is 2.91. The summed E-state index contributed by atoms with van der Waals surface area (Å²) in [7, 11) is 0. The predicted octanol–water partition coefficient (Wildman–Crippen LogP) is 2.11. The molecule has 2 saturated heterocycles. The van der Waals surface area contributed by atoms with Crippen LogP contribution in [0.15, 0.2) is 24.3 Å². The van der Waals surface area contributed by atoms with E-state index >= 15 is 0 Å². The molecule has 5 heteroatoms. The summed E-state index contributed by atoms with van der Waals surface area (Å²) in [4.78, 5) is 27.0. The van der Waals surface area contributed by atoms with E-state index in [0.29, 0.717) is 0 Å². The van der Waals surface area contributed by atoms with Crippen molar-refractivity contribution in [3.8, 4) is 0 Å². The van der Waals surface area contributed by atoms with Crippen molar-refractivity contribution >= 4 is 17.6 Å². The predicted molar refractivity (Wildman–Crippen MR) is 83.7 cm³/mol. The van der Waals surface area contributed by atoms with Gasteiger partial charge in [-0.15, -0.1) is 0 Å². The Morgan fingerprint density at radius 2 is 1.82 bits per heavy atom. The van der Waals surface area contributed by atoms with Crippen LogP contribution in [-0.4, -0.2) is 41.5 Å². The molecule has 22 heavy (non-hydrogen) atoms. The Balaban J connectivity index is 1.64. The maximum absolute atomic E-state index is 11.9. The van der Waals surface area contributed by atoms with Gasteiger partial charge in [0.1, 0.15) is 0 Å². The Bertz CT molecular complexity index is 550. The number of carboxylic acid groups (broad SMARTS) is 1. The van der Waals surface area contributed by atoms with Crippen molar-refractivity contribution in [3.63, 3.8) is 0 Å². The average molecular weight is 302 g/mol. The van der Waals surface area contributed by atoms with Crippen LogP contribution in [-0.2, 0) is 16.1 Å². The number of carboxylic acids is 1. The number of rotatable bonds is 4. The van der Waals surface area contributed by atoms with E-state index in [1.165, 1.54) is 24.8 Å². The molecule has 5 nitrogen and oxygen atoms in total. The van der Waals surface area contributed by atoms with Gasteiger partial charge in [-0.3, -0.25) is 14.5 Å². The molecule has 1 aromatic rings. The standard InChI is InChI=1S/C17H22N2O3/c20-16-10-14(17(21)22)12-19(16)15-6-4-13(5-7-15)11-18-8-2-1-3-9-18/h4-7,14H,1-3,8-12H2,(H,21,22)/t14-/m0/s1. The molecule has 3 rings (SSSR count). The van der Waals surface area contributed by atoms with Gasteiger partial charge in [0.2, 0.25) is 5.91 Å². The molecule has 0 bridgehead atoms. The fraction of sp³-hybridized carbons (Fsp3) is 0.529. The van der Waals surface area contributed by atoms with Crippen molar-refractivity contribution in [2.24, 2.45) is 5.92 Å². The number of carbonyl (C=O) groups is 2. The highest BCUT2D eigenvalue weighted by Gasteiger charge is 2.34. The third kappa shape index (κ3) is 3.30. The topological polar surface area (TPSA) is 60.9 Å². The van der Waals surface area contributed by atoms with Gasteiger partial charge in [-0.05, 0) is 43.6 Å². The highest BCUT2D eigenvalue weighted by molar-refractivity contribution is 5.99. The lowest BCUT2D eigenvalue weighted by molar-refractivity contribution is -0.141. The van der Waals surface area contributed by atoms with Gasteiger partial charge >= 0.3 is 5.97 Å². The number of nitrogens with zero attached hydrogens (tertiary/aromatic N) is 2. The largest absolute Gasteiger partial charge is 0.481 e. The van der Waals surface area contributed by atoms with E-state index in [4.69, 9.17) is 5.11 Å². The van der Waals surface area contributed by atoms with Crippen LogP contribution >= 0.6 is 0 Å². The number of piperidine rings is 1. The van der Waals surface area contributed by atoms with Crippen LogP contribution in [0.2, 0.25) is 0 Å². The lowest BCUT2D eigenvalue weighted by Crippen LogP contribution is -2.29. The second-order valence-corrected chi connectivity index (χ2v) is 6.25. The molecule has 0 aliphatic carbocycles. The van der Waals surface area contributed by atoms with Gasteiger partial charge in [-0.1, -0.05) is 18.6 Å². The number of likely N-dealkylation sites (tertiary alicyclic amines) is 1. The van der Waals surface area contributed by atoms with Crippen LogP contribution in [0.1, 0.15) is 31.2 Å². The number of aliphatic carboxylic acids is 1. The van der Waals surface area contributed by atoms with Gasteiger partial charge in [0.25, 0.3) is 0 Å². The van der Waals surface area contributed by atoms with Gasteiger partial charge in [0.15, 0.2) is 0 Å². The Kier molecular flexibility index (Phi) is 4.43. The van der Waals surface area contributed by atoms with Crippen molar-refractivity contribution in [2.45, 2.75) is 32.2 Å². The molecule has 1 amide bonds. The van der Waals surface area contributed by atoms with E-state index in [0.717, 1.165) is 25.3 Å². The fourth-order valence-electron chi connectivity index (χ4n) is 3.28. The third-order valence-electron chi connectivity index (χ3n) is 4.58. The van der Waals surface area contributed by atoms with E-state index in [9.17, 15) is 9.59 Å². The molecular formula is C17H22N2O3. The van der Waals surface area contributed by atoms with E-state index in [1.54, 1.807) is 4.90 Å². The first kappa shape index (κ1) is 15.0. The number of anilines is 1. The number of carbonyl (C=O) groups excluding carboxylic acids is 1. The molecule has 0 aromatic heterocycles. The Morgan fingerprint density at radius 3 is 2.41 bits per heavy atom. The Morgan fingerprint density at radius 1 is 1.14 bits per heavy atom. The molecular weight excluding hydrogens is 280 g/mol. The first-order chi connectivity index (χ1) is 10.6. The summed E-state index contributed by atoms with van der Waals surface area (Å²) >= 11 is 0. The summed E-state index contributed by atoms with van der Waals surface area (Å²) in [6.07, 6.45) is 3.98. The summed E-state index contributed by atoms with van der Waals surface area (Å²) in [5, 5.41) is 9.04. The highest BCUT2D eigenvalue weighted by atomic mass is 16.4. The van der Waals surface area contributed by atoms with Gasteiger partial charge in [-0.25, -0.2) is 0 Å². The zero-order chi connectivity index (χ0) is 15.5. The van der Waals surface area contributed by atoms with Crippen LogP contribution in [0.4, 0.5) is 5.69 Å². The molecule has 0 unspecified atom stereocenters. The summed E-state index contributed by atoms with van der Waals surface area (Å²) in [5.41, 5.74) is 2.04. The van der Waals surface area contributed by atoms with E-state index in [1.807, 2.05) is 24.3 Å². The smallest absolute Gasteiger partial charge is 0.308 e. The lowest BCUT2D eigenvalue weighted by atomic mass is 10.1. The number of amides is 1. The van der Waals surface area contributed by atoms with E-state index < -0.39 is 11.9 Å². The molecule has 0 radical (unpaired) electrons. The summed E-state index contributed by atoms with van der Waals surface area (Å²) in [6, 6.07) is 7.96. The first-order valence-corrected chi connectivity index (χ1v) is 7.98. The summed E-state index contributed by atoms with van der Waals surface area (Å²) in [5.74, 6) is -1.57. The molecule has 0 saturated carbocycles. The van der Waals surface area contributed by atoms with Crippen LogP contribution in [0.5, 0.6) is 0 Å². The van der Waals surface area contributed by atoms with Crippen LogP contribution in [0.25, 0.3) is 0 Å². The van der Waals surface area contributed by atoms with Gasteiger partial charge in [-0.2, -0.15) is 0 Å². The number of hydrogen-bond donors (Lipinski definition) is 1. The Hall–Kier alpha value is -1.88. The zero-order valence-corrected chi connectivity index (χ0v) is 12.7. The molecule has 118 valence electrons. The van der Waals surface area contributed by atoms with Gasteiger partial charge in [0.05, 0.1) is 5.92 Å². The molecule has 2 aliphatic rings. The normalized spacial score (nSPS) is 23.0. The highest BCUT2D eigenvalue weighted by Crippen LogP contribution is 2.26. The van der Waals surface area contributed by atoms with Crippen molar-refractivity contribution in [1.29, 1.82) is 0 Å². The maximum Gasteiger partial charge on any atom is 0.308 e. The molecule has 1 atom stereocenters. The minimum absolute atomic E-state index is 0.101. The van der Waals surface area contributed by atoms with Crippen LogP contribution in [0.3, 0.4) is 0 Å². The van der Waals surface area contributed by atoms with Crippen LogP contribution < -0.4 is 4.90 Å². The first-order valence-electron chi connectivity index (χ1n) is 7.98. The molecule has 2 heterocycles. The Labute approximate surface area is 130 Å². The van der Waals surface area contributed by atoms with Gasteiger partial charge < -0.3 is 10.0 Å². The minimum Gasteiger partial charge on any atom is -0.481 e. The minimum atomic E-state index is -0.891. The van der Waals surface area contributed by atoms with Crippen molar-refractivity contribution < 1.29 is 14.7 Å². The third-order valence-corrected chi connectivity index (χ3v) is 4.58. The molecule has 1 N–H and O–H groups in total. The summed E-state index contributed by atoms with van der Waals surface area (Å²) in [6.45, 7) is 3.55. The number of hydrogen-bond acceptors (Lipinski definition) is 3. The fourth-order valence-corrected chi connectivity index (χ4v) is 3.28. The maximum atomic E-state index is 11.9.